The number of alkyl halides is 1. The molecule has 2 heterocycles. The highest BCUT2D eigenvalue weighted by atomic mass is 19.1. The maximum atomic E-state index is 12.8. The van der Waals surface area contributed by atoms with Crippen LogP contribution in [-0.2, 0) is 11.2 Å². The molecule has 7 heteroatoms. The molecule has 1 saturated heterocycles. The summed E-state index contributed by atoms with van der Waals surface area (Å²) in [6.07, 6.45) is 1.75. The SMILES string of the molecule is Cc1nc(CCN2CC(F)C2)cn([C@@H](CC(C)C)C(=O)O)c1=O. The van der Waals surface area contributed by atoms with E-state index in [0.717, 1.165) is 0 Å². The molecule has 0 saturated carbocycles. The Bertz CT molecular complexity index is 623. The van der Waals surface area contributed by atoms with Crippen molar-refractivity contribution in [3.8, 4) is 0 Å². The van der Waals surface area contributed by atoms with Gasteiger partial charge in [0.1, 0.15) is 17.9 Å². The Labute approximate surface area is 134 Å². The van der Waals surface area contributed by atoms with Crippen molar-refractivity contribution in [3.63, 3.8) is 0 Å². The number of hydrogen-bond acceptors (Lipinski definition) is 4. The van der Waals surface area contributed by atoms with E-state index in [9.17, 15) is 19.1 Å². The van der Waals surface area contributed by atoms with Crippen LogP contribution in [0.15, 0.2) is 11.0 Å². The third kappa shape index (κ3) is 4.37. The molecule has 1 fully saturated rings. The number of nitrogens with zero attached hydrogens (tertiary/aromatic N) is 3. The minimum absolute atomic E-state index is 0.155. The van der Waals surface area contributed by atoms with Gasteiger partial charge in [-0.25, -0.2) is 9.18 Å². The number of halogens is 1. The van der Waals surface area contributed by atoms with Gasteiger partial charge in [0.15, 0.2) is 0 Å². The fraction of sp³-hybridized carbons (Fsp3) is 0.688. The average Bonchev–Trinajstić information content (AvgIpc) is 2.43. The molecule has 0 amide bonds. The zero-order chi connectivity index (χ0) is 17.1. The van der Waals surface area contributed by atoms with Crippen LogP contribution in [0.5, 0.6) is 0 Å². The number of carboxylic acids is 1. The Hall–Kier alpha value is -1.76. The molecule has 1 aromatic rings. The predicted molar refractivity (Wildman–Crippen MR) is 84.4 cm³/mol. The van der Waals surface area contributed by atoms with Crippen LogP contribution < -0.4 is 5.56 Å². The van der Waals surface area contributed by atoms with E-state index in [2.05, 4.69) is 4.98 Å². The van der Waals surface area contributed by atoms with Crippen molar-refractivity contribution in [1.82, 2.24) is 14.5 Å². The van der Waals surface area contributed by atoms with Crippen LogP contribution in [0.25, 0.3) is 0 Å². The van der Waals surface area contributed by atoms with Gasteiger partial charge in [-0.2, -0.15) is 0 Å². The highest BCUT2D eigenvalue weighted by molar-refractivity contribution is 5.71. The van der Waals surface area contributed by atoms with Gasteiger partial charge in [0.05, 0.1) is 5.69 Å². The lowest BCUT2D eigenvalue weighted by Gasteiger charge is -2.34. The molecule has 1 aliphatic rings. The highest BCUT2D eigenvalue weighted by Crippen LogP contribution is 2.17. The topological polar surface area (TPSA) is 75.4 Å². The molecule has 6 nitrogen and oxygen atoms in total. The van der Waals surface area contributed by atoms with E-state index in [1.807, 2.05) is 18.7 Å². The smallest absolute Gasteiger partial charge is 0.326 e. The van der Waals surface area contributed by atoms with Crippen molar-refractivity contribution >= 4 is 5.97 Å². The van der Waals surface area contributed by atoms with Crippen molar-refractivity contribution in [3.05, 3.63) is 27.9 Å². The summed E-state index contributed by atoms with van der Waals surface area (Å²) < 4.78 is 14.1. The summed E-state index contributed by atoms with van der Waals surface area (Å²) in [6, 6.07) is -0.887. The first-order valence-electron chi connectivity index (χ1n) is 7.95. The van der Waals surface area contributed by atoms with Crippen LogP contribution in [0.1, 0.15) is 37.7 Å². The van der Waals surface area contributed by atoms with Crippen LogP contribution in [0.4, 0.5) is 4.39 Å². The van der Waals surface area contributed by atoms with Gasteiger partial charge >= 0.3 is 5.97 Å². The Morgan fingerprint density at radius 1 is 1.48 bits per heavy atom. The summed E-state index contributed by atoms with van der Waals surface area (Å²) in [7, 11) is 0. The molecule has 23 heavy (non-hydrogen) atoms. The van der Waals surface area contributed by atoms with Crippen LogP contribution in [0.2, 0.25) is 0 Å². The van der Waals surface area contributed by atoms with E-state index >= 15 is 0 Å². The molecule has 128 valence electrons. The Morgan fingerprint density at radius 2 is 2.13 bits per heavy atom. The molecule has 0 radical (unpaired) electrons. The molecular formula is C16H24FN3O3. The van der Waals surface area contributed by atoms with Gasteiger partial charge in [0.25, 0.3) is 5.56 Å². The largest absolute Gasteiger partial charge is 0.480 e. The maximum Gasteiger partial charge on any atom is 0.326 e. The number of carbonyl (C=O) groups is 1. The molecule has 1 atom stereocenters. The second-order valence-electron chi connectivity index (χ2n) is 6.62. The zero-order valence-corrected chi connectivity index (χ0v) is 13.8. The predicted octanol–water partition coefficient (Wildman–Crippen LogP) is 1.42. The van der Waals surface area contributed by atoms with E-state index < -0.39 is 18.2 Å². The van der Waals surface area contributed by atoms with Crippen LogP contribution in [0.3, 0.4) is 0 Å². The standard InChI is InChI=1S/C16H24FN3O3/c1-10(2)6-14(16(22)23)20-9-13(18-11(3)15(20)21)4-5-19-7-12(17)8-19/h9-10,12,14H,4-8H2,1-3H3,(H,22,23)/t14-/m0/s1. The zero-order valence-electron chi connectivity index (χ0n) is 13.8. The molecule has 0 aliphatic carbocycles. The lowest BCUT2D eigenvalue weighted by atomic mass is 10.0. The summed E-state index contributed by atoms with van der Waals surface area (Å²) in [5.74, 6) is -0.858. The lowest BCUT2D eigenvalue weighted by Crippen LogP contribution is -2.49. The van der Waals surface area contributed by atoms with E-state index in [-0.39, 0.29) is 11.5 Å². The first-order chi connectivity index (χ1) is 10.8. The number of rotatable bonds is 7. The van der Waals surface area contributed by atoms with Gasteiger partial charge < -0.3 is 5.11 Å². The molecule has 0 spiro atoms. The van der Waals surface area contributed by atoms with E-state index in [4.69, 9.17) is 0 Å². The third-order valence-electron chi connectivity index (χ3n) is 4.06. The van der Waals surface area contributed by atoms with Gasteiger partial charge in [-0.05, 0) is 19.3 Å². The van der Waals surface area contributed by atoms with Crippen molar-refractivity contribution in [2.45, 2.75) is 45.8 Å². The van der Waals surface area contributed by atoms with Crippen LogP contribution in [0, 0.1) is 12.8 Å². The molecule has 1 aromatic heterocycles. The number of likely N-dealkylation sites (tertiary alicyclic amines) is 1. The van der Waals surface area contributed by atoms with Crippen LogP contribution in [-0.4, -0.2) is 51.3 Å². The van der Waals surface area contributed by atoms with E-state index in [1.54, 1.807) is 13.1 Å². The fourth-order valence-corrected chi connectivity index (χ4v) is 2.79. The number of hydrogen-bond donors (Lipinski definition) is 1. The summed E-state index contributed by atoms with van der Waals surface area (Å²) in [5.41, 5.74) is 0.596. The van der Waals surface area contributed by atoms with Gasteiger partial charge in [-0.1, -0.05) is 13.8 Å². The quantitative estimate of drug-likeness (QED) is 0.820. The van der Waals surface area contributed by atoms with Crippen molar-refractivity contribution in [2.24, 2.45) is 5.92 Å². The van der Waals surface area contributed by atoms with Crippen LogP contribution >= 0.6 is 0 Å². The highest BCUT2D eigenvalue weighted by Gasteiger charge is 2.26. The Morgan fingerprint density at radius 3 is 2.65 bits per heavy atom. The van der Waals surface area contributed by atoms with Crippen molar-refractivity contribution in [1.29, 1.82) is 0 Å². The lowest BCUT2D eigenvalue weighted by molar-refractivity contribution is -0.141. The Balaban J connectivity index is 2.20. The normalized spacial score (nSPS) is 17.3. The van der Waals surface area contributed by atoms with Gasteiger partial charge in [-0.3, -0.25) is 19.2 Å². The molecule has 1 aliphatic heterocycles. The maximum absolute atomic E-state index is 12.8. The van der Waals surface area contributed by atoms with Gasteiger partial charge in [0, 0.05) is 32.3 Å². The monoisotopic (exact) mass is 325 g/mol. The second-order valence-corrected chi connectivity index (χ2v) is 6.62. The van der Waals surface area contributed by atoms with Gasteiger partial charge in [-0.15, -0.1) is 0 Å². The molecule has 0 unspecified atom stereocenters. The van der Waals surface area contributed by atoms with E-state index in [1.165, 1.54) is 4.57 Å². The van der Waals surface area contributed by atoms with Gasteiger partial charge in [0.2, 0.25) is 0 Å². The fourth-order valence-electron chi connectivity index (χ4n) is 2.79. The number of aryl methyl sites for hydroxylation is 1. The summed E-state index contributed by atoms with van der Waals surface area (Å²) in [4.78, 5) is 30.0. The number of aromatic nitrogens is 2. The minimum atomic E-state index is -1.01. The summed E-state index contributed by atoms with van der Waals surface area (Å²) in [5, 5.41) is 9.45. The molecule has 0 aromatic carbocycles. The van der Waals surface area contributed by atoms with Crippen molar-refractivity contribution in [2.75, 3.05) is 19.6 Å². The molecular weight excluding hydrogens is 301 g/mol. The van der Waals surface area contributed by atoms with E-state index in [0.29, 0.717) is 43.9 Å². The Kier molecular flexibility index (Phi) is 5.51. The number of aliphatic carboxylic acids is 1. The average molecular weight is 325 g/mol. The molecule has 0 bridgehead atoms. The first-order valence-corrected chi connectivity index (χ1v) is 7.95. The summed E-state index contributed by atoms with van der Waals surface area (Å²) in [6.45, 7) is 6.97. The number of carboxylic acid groups (broad SMARTS) is 1. The third-order valence-corrected chi connectivity index (χ3v) is 4.06. The minimum Gasteiger partial charge on any atom is -0.480 e. The molecule has 2 rings (SSSR count). The van der Waals surface area contributed by atoms with Crippen molar-refractivity contribution < 1.29 is 14.3 Å². The second kappa shape index (κ2) is 7.21. The first kappa shape index (κ1) is 17.6. The molecule has 1 N–H and O–H groups in total. The summed E-state index contributed by atoms with van der Waals surface area (Å²) >= 11 is 0.